The first-order valence-corrected chi connectivity index (χ1v) is 10.7. The number of nitrogens with zero attached hydrogens (tertiary/aromatic N) is 2. The molecule has 0 aliphatic carbocycles. The summed E-state index contributed by atoms with van der Waals surface area (Å²) in [6.07, 6.45) is 3.01. The Morgan fingerprint density at radius 2 is 1.86 bits per heavy atom. The van der Waals surface area contributed by atoms with E-state index in [2.05, 4.69) is 18.7 Å². The van der Waals surface area contributed by atoms with Crippen LogP contribution in [0.1, 0.15) is 54.6 Å². The highest BCUT2D eigenvalue weighted by Gasteiger charge is 2.30. The third kappa shape index (κ3) is 5.45. The molecule has 1 aliphatic heterocycles. The van der Waals surface area contributed by atoms with Gasteiger partial charge in [-0.25, -0.2) is 4.39 Å². The van der Waals surface area contributed by atoms with Gasteiger partial charge < -0.3 is 9.80 Å². The summed E-state index contributed by atoms with van der Waals surface area (Å²) in [6, 6.07) is 12.9. The Morgan fingerprint density at radius 3 is 2.48 bits per heavy atom. The molecule has 2 aromatic rings. The normalized spacial score (nSPS) is 15.7. The highest BCUT2D eigenvalue weighted by molar-refractivity contribution is 6.06. The second-order valence-corrected chi connectivity index (χ2v) is 8.73. The molecule has 0 N–H and O–H groups in total. The van der Waals surface area contributed by atoms with E-state index >= 15 is 0 Å². The van der Waals surface area contributed by atoms with Crippen LogP contribution in [0.3, 0.4) is 0 Å². The fourth-order valence-corrected chi connectivity index (χ4v) is 3.98. The Kier molecular flexibility index (Phi) is 7.07. The topological polar surface area (TPSA) is 23.6 Å². The first-order chi connectivity index (χ1) is 13.8. The van der Waals surface area contributed by atoms with Crippen LogP contribution in [0.2, 0.25) is 0 Å². The number of rotatable bonds is 6. The number of hydrogen-bond donors (Lipinski definition) is 0. The van der Waals surface area contributed by atoms with E-state index in [1.54, 1.807) is 13.0 Å². The smallest absolute Gasteiger partial charge is 0.258 e. The van der Waals surface area contributed by atoms with Crippen molar-refractivity contribution in [2.45, 2.75) is 53.0 Å². The highest BCUT2D eigenvalue weighted by atomic mass is 19.1. The quantitative estimate of drug-likeness (QED) is 0.634. The maximum atomic E-state index is 14.3. The molecule has 1 aliphatic rings. The predicted octanol–water partition coefficient (Wildman–Crippen LogP) is 5.60. The Hall–Kier alpha value is -2.20. The molecular weight excluding hydrogens is 363 g/mol. The number of aryl methyl sites for hydroxylation is 2. The van der Waals surface area contributed by atoms with E-state index in [1.807, 2.05) is 42.2 Å². The molecule has 1 heterocycles. The Balaban J connectivity index is 1.84. The molecule has 3 nitrogen and oxygen atoms in total. The van der Waals surface area contributed by atoms with E-state index in [0.29, 0.717) is 22.7 Å². The van der Waals surface area contributed by atoms with Crippen LogP contribution in [-0.2, 0) is 0 Å². The van der Waals surface area contributed by atoms with Crippen molar-refractivity contribution in [3.8, 4) is 0 Å². The summed E-state index contributed by atoms with van der Waals surface area (Å²) < 4.78 is 14.3. The van der Waals surface area contributed by atoms with E-state index in [4.69, 9.17) is 0 Å². The van der Waals surface area contributed by atoms with E-state index in [-0.39, 0.29) is 17.8 Å². The molecular formula is C25H33FN2O. The predicted molar refractivity (Wildman–Crippen MR) is 118 cm³/mol. The molecule has 156 valence electrons. The van der Waals surface area contributed by atoms with Gasteiger partial charge in [0, 0.05) is 30.4 Å². The number of halogens is 1. The molecule has 0 atom stereocenters. The van der Waals surface area contributed by atoms with Crippen molar-refractivity contribution in [2.75, 3.05) is 24.5 Å². The molecule has 1 fully saturated rings. The third-order valence-corrected chi connectivity index (χ3v) is 5.86. The van der Waals surface area contributed by atoms with Crippen molar-refractivity contribution in [1.29, 1.82) is 0 Å². The van der Waals surface area contributed by atoms with Crippen molar-refractivity contribution in [1.82, 2.24) is 4.90 Å². The first-order valence-electron chi connectivity index (χ1n) is 10.7. The molecule has 3 rings (SSSR count). The van der Waals surface area contributed by atoms with Crippen molar-refractivity contribution in [3.63, 3.8) is 0 Å². The van der Waals surface area contributed by atoms with Gasteiger partial charge in [0.05, 0.1) is 0 Å². The molecule has 1 amide bonds. The maximum Gasteiger partial charge on any atom is 0.258 e. The molecule has 0 saturated carbocycles. The van der Waals surface area contributed by atoms with Gasteiger partial charge in [0.1, 0.15) is 5.82 Å². The fraction of sp³-hybridized carbons (Fsp3) is 0.480. The van der Waals surface area contributed by atoms with Crippen molar-refractivity contribution in [2.24, 2.45) is 5.92 Å². The minimum Gasteiger partial charge on any atom is -0.305 e. The Morgan fingerprint density at radius 1 is 1.14 bits per heavy atom. The Labute approximate surface area is 174 Å². The monoisotopic (exact) mass is 396 g/mol. The lowest BCUT2D eigenvalue weighted by molar-refractivity contribution is 0.0959. The number of hydrogen-bond acceptors (Lipinski definition) is 2. The van der Waals surface area contributed by atoms with Gasteiger partial charge in [-0.2, -0.15) is 0 Å². The van der Waals surface area contributed by atoms with Crippen LogP contribution in [0, 0.1) is 25.6 Å². The first kappa shape index (κ1) is 21.5. The van der Waals surface area contributed by atoms with Crippen LogP contribution < -0.4 is 4.90 Å². The van der Waals surface area contributed by atoms with Gasteiger partial charge in [-0.1, -0.05) is 37.6 Å². The standard InChI is InChI=1S/C25H33FN2O/c1-18(2)10-13-27-14-11-22(12-15-27)28(23-9-8-20(4)24(26)17-23)25(29)21-7-5-6-19(3)16-21/h5-9,16-18,22H,10-15H2,1-4H3. The van der Waals surface area contributed by atoms with E-state index in [9.17, 15) is 9.18 Å². The van der Waals surface area contributed by atoms with Gasteiger partial charge in [0.25, 0.3) is 5.91 Å². The van der Waals surface area contributed by atoms with Crippen LogP contribution in [0.15, 0.2) is 42.5 Å². The summed E-state index contributed by atoms with van der Waals surface area (Å²) in [7, 11) is 0. The minimum absolute atomic E-state index is 0.0439. The lowest BCUT2D eigenvalue weighted by atomic mass is 9.99. The molecule has 0 aromatic heterocycles. The summed E-state index contributed by atoms with van der Waals surface area (Å²) in [6.45, 7) is 11.3. The second-order valence-electron chi connectivity index (χ2n) is 8.73. The highest BCUT2D eigenvalue weighted by Crippen LogP contribution is 2.28. The van der Waals surface area contributed by atoms with E-state index in [0.717, 1.165) is 38.0 Å². The SMILES string of the molecule is Cc1cccc(C(=O)N(c2ccc(C)c(F)c2)C2CCN(CCC(C)C)CC2)c1. The lowest BCUT2D eigenvalue weighted by Gasteiger charge is -2.39. The molecule has 0 unspecified atom stereocenters. The zero-order chi connectivity index (χ0) is 21.0. The number of anilines is 1. The van der Waals surface area contributed by atoms with Gasteiger partial charge >= 0.3 is 0 Å². The number of likely N-dealkylation sites (tertiary alicyclic amines) is 1. The largest absolute Gasteiger partial charge is 0.305 e. The van der Waals surface area contributed by atoms with Crippen LogP contribution in [-0.4, -0.2) is 36.5 Å². The van der Waals surface area contributed by atoms with E-state index in [1.165, 1.54) is 12.5 Å². The number of carbonyl (C=O) groups is 1. The van der Waals surface area contributed by atoms with Gasteiger partial charge in [-0.05, 0) is 75.4 Å². The molecule has 0 radical (unpaired) electrons. The van der Waals surface area contributed by atoms with Gasteiger partial charge in [-0.15, -0.1) is 0 Å². The molecule has 29 heavy (non-hydrogen) atoms. The van der Waals surface area contributed by atoms with Crippen LogP contribution >= 0.6 is 0 Å². The maximum absolute atomic E-state index is 14.3. The fourth-order valence-electron chi connectivity index (χ4n) is 3.98. The molecule has 4 heteroatoms. The summed E-state index contributed by atoms with van der Waals surface area (Å²) in [5.41, 5.74) is 2.96. The van der Waals surface area contributed by atoms with Crippen molar-refractivity contribution >= 4 is 11.6 Å². The van der Waals surface area contributed by atoms with Crippen LogP contribution in [0.5, 0.6) is 0 Å². The Bertz CT molecular complexity index is 840. The zero-order valence-corrected chi connectivity index (χ0v) is 18.1. The average Bonchev–Trinajstić information content (AvgIpc) is 2.70. The van der Waals surface area contributed by atoms with Crippen LogP contribution in [0.25, 0.3) is 0 Å². The van der Waals surface area contributed by atoms with E-state index < -0.39 is 0 Å². The summed E-state index contributed by atoms with van der Waals surface area (Å²) in [4.78, 5) is 17.8. The number of piperidine rings is 1. The zero-order valence-electron chi connectivity index (χ0n) is 18.1. The van der Waals surface area contributed by atoms with Gasteiger partial charge in [-0.3, -0.25) is 4.79 Å². The molecule has 1 saturated heterocycles. The number of benzene rings is 2. The number of carbonyl (C=O) groups excluding carboxylic acids is 1. The summed E-state index contributed by atoms with van der Waals surface area (Å²) in [5, 5.41) is 0. The van der Waals surface area contributed by atoms with Crippen molar-refractivity contribution in [3.05, 3.63) is 65.0 Å². The second kappa shape index (κ2) is 9.53. The van der Waals surface area contributed by atoms with Crippen LogP contribution in [0.4, 0.5) is 10.1 Å². The molecule has 0 spiro atoms. The van der Waals surface area contributed by atoms with Gasteiger partial charge in [0.2, 0.25) is 0 Å². The summed E-state index contributed by atoms with van der Waals surface area (Å²) >= 11 is 0. The lowest BCUT2D eigenvalue weighted by Crippen LogP contribution is -2.48. The van der Waals surface area contributed by atoms with Gasteiger partial charge in [0.15, 0.2) is 0 Å². The summed E-state index contributed by atoms with van der Waals surface area (Å²) in [5.74, 6) is 0.388. The third-order valence-electron chi connectivity index (χ3n) is 5.86. The average molecular weight is 397 g/mol. The number of amides is 1. The molecule has 0 bridgehead atoms. The minimum atomic E-state index is -0.265. The van der Waals surface area contributed by atoms with Crippen molar-refractivity contribution < 1.29 is 9.18 Å². The molecule has 2 aromatic carbocycles.